The zero-order valence-corrected chi connectivity index (χ0v) is 18.3. The number of nitrogens with zero attached hydrogens (tertiary/aromatic N) is 6. The molecule has 0 radical (unpaired) electrons. The number of hydrogen-bond donors (Lipinski definition) is 2. The molecule has 1 atom stereocenters. The zero-order chi connectivity index (χ0) is 23.9. The minimum absolute atomic E-state index is 0.143. The Hall–Kier alpha value is -2.51. The van der Waals surface area contributed by atoms with Crippen molar-refractivity contribution in [3.05, 3.63) is 11.9 Å². The fourth-order valence-corrected chi connectivity index (χ4v) is 3.47. The van der Waals surface area contributed by atoms with Gasteiger partial charge in [-0.1, -0.05) is 26.2 Å². The maximum Gasteiger partial charge on any atom is 0.435 e. The van der Waals surface area contributed by atoms with Crippen molar-refractivity contribution in [1.29, 1.82) is 0 Å². The number of rotatable bonds is 10. The number of alkyl halides is 3. The van der Waals surface area contributed by atoms with Gasteiger partial charge in [0.1, 0.15) is 0 Å². The summed E-state index contributed by atoms with van der Waals surface area (Å²) in [6, 6.07) is 0. The molecule has 2 rings (SSSR count). The third-order valence-electron chi connectivity index (χ3n) is 5.36. The summed E-state index contributed by atoms with van der Waals surface area (Å²) in [6.45, 7) is 3.56. The van der Waals surface area contributed by atoms with Gasteiger partial charge in [-0.2, -0.15) is 13.2 Å². The van der Waals surface area contributed by atoms with Gasteiger partial charge in [0.25, 0.3) is 0 Å². The number of likely N-dealkylation sites (N-methyl/N-ethyl adjacent to an activating group) is 1. The van der Waals surface area contributed by atoms with Gasteiger partial charge in [0.15, 0.2) is 5.69 Å². The molecule has 1 saturated heterocycles. The number of piperazine rings is 1. The van der Waals surface area contributed by atoms with Crippen molar-refractivity contribution in [1.82, 2.24) is 19.9 Å². The minimum Gasteiger partial charge on any atom is -0.366 e. The van der Waals surface area contributed by atoms with Crippen molar-refractivity contribution >= 4 is 24.0 Å². The first-order chi connectivity index (χ1) is 15.1. The third-order valence-corrected chi connectivity index (χ3v) is 5.36. The molecule has 13 heteroatoms. The molecule has 3 N–H and O–H groups in total. The van der Waals surface area contributed by atoms with Gasteiger partial charge in [0.05, 0.1) is 24.3 Å². The number of hydrazine groups is 1. The molecule has 1 aliphatic rings. The molecule has 1 aliphatic heterocycles. The van der Waals surface area contributed by atoms with Crippen LogP contribution in [0.5, 0.6) is 0 Å². The maximum atomic E-state index is 13.8. The lowest BCUT2D eigenvalue weighted by Crippen LogP contribution is -2.47. The number of hydrogen-bond acceptors (Lipinski definition) is 8. The second kappa shape index (κ2) is 11.4. The second-order valence-electron chi connectivity index (χ2n) is 7.82. The Morgan fingerprint density at radius 2 is 1.97 bits per heavy atom. The van der Waals surface area contributed by atoms with Crippen LogP contribution in [0.4, 0.5) is 24.8 Å². The van der Waals surface area contributed by atoms with Crippen LogP contribution in [0.1, 0.15) is 38.3 Å². The number of unbranched alkanes of at least 4 members (excludes halogenated alkanes) is 2. The molecule has 0 spiro atoms. The Morgan fingerprint density at radius 1 is 1.31 bits per heavy atom. The number of halogens is 3. The summed E-state index contributed by atoms with van der Waals surface area (Å²) in [5.74, 6) is 3.49. The Kier molecular flexibility index (Phi) is 9.16. The quantitative estimate of drug-likeness (QED) is 0.134. The first kappa shape index (κ1) is 25.7. The average molecular weight is 461 g/mol. The SMILES string of the molecule is CCCCC[C@H](CN(O)C=O)C(=O)N(N)c1ncc(N2CCN(C)CC2)c(C(F)(F)F)n1. The van der Waals surface area contributed by atoms with Crippen LogP contribution in [0.15, 0.2) is 6.20 Å². The Labute approximate surface area is 184 Å². The van der Waals surface area contributed by atoms with Crippen LogP contribution in [-0.2, 0) is 15.8 Å². The molecule has 0 aliphatic carbocycles. The van der Waals surface area contributed by atoms with E-state index in [1.54, 1.807) is 4.90 Å². The minimum atomic E-state index is -4.78. The molecule has 2 heterocycles. The van der Waals surface area contributed by atoms with Crippen LogP contribution in [0.25, 0.3) is 0 Å². The van der Waals surface area contributed by atoms with Crippen molar-refractivity contribution in [2.24, 2.45) is 11.8 Å². The number of carbonyl (C=O) groups excluding carboxylic acids is 2. The molecular formula is C19H30F3N7O3. The molecule has 1 aromatic heterocycles. The fourth-order valence-electron chi connectivity index (χ4n) is 3.47. The summed E-state index contributed by atoms with van der Waals surface area (Å²) in [7, 11) is 1.88. The molecule has 1 aromatic rings. The Morgan fingerprint density at radius 3 is 2.53 bits per heavy atom. The third kappa shape index (κ3) is 6.74. The van der Waals surface area contributed by atoms with Gasteiger partial charge in [-0.15, -0.1) is 0 Å². The lowest BCUT2D eigenvalue weighted by Gasteiger charge is -2.35. The van der Waals surface area contributed by atoms with Crippen LogP contribution >= 0.6 is 0 Å². The van der Waals surface area contributed by atoms with E-state index in [-0.39, 0.29) is 25.1 Å². The van der Waals surface area contributed by atoms with Gasteiger partial charge in [-0.3, -0.25) is 14.8 Å². The lowest BCUT2D eigenvalue weighted by molar-refractivity contribution is -0.154. The fraction of sp³-hybridized carbons (Fsp3) is 0.684. The van der Waals surface area contributed by atoms with Crippen LogP contribution in [0.3, 0.4) is 0 Å². The highest BCUT2D eigenvalue weighted by Gasteiger charge is 2.39. The number of amides is 2. The summed E-state index contributed by atoms with van der Waals surface area (Å²) >= 11 is 0. The van der Waals surface area contributed by atoms with E-state index in [0.29, 0.717) is 42.7 Å². The zero-order valence-electron chi connectivity index (χ0n) is 18.3. The highest BCUT2D eigenvalue weighted by molar-refractivity contribution is 5.92. The highest BCUT2D eigenvalue weighted by Crippen LogP contribution is 2.36. The van der Waals surface area contributed by atoms with E-state index in [9.17, 15) is 28.0 Å². The monoisotopic (exact) mass is 461 g/mol. The number of aromatic nitrogens is 2. The van der Waals surface area contributed by atoms with E-state index < -0.39 is 29.6 Å². The largest absolute Gasteiger partial charge is 0.435 e. The summed E-state index contributed by atoms with van der Waals surface area (Å²) in [4.78, 5) is 34.6. The predicted molar refractivity (Wildman–Crippen MR) is 111 cm³/mol. The van der Waals surface area contributed by atoms with Crippen molar-refractivity contribution in [3.63, 3.8) is 0 Å². The van der Waals surface area contributed by atoms with Gasteiger partial charge in [-0.05, 0) is 13.5 Å². The smallest absolute Gasteiger partial charge is 0.366 e. The van der Waals surface area contributed by atoms with Gasteiger partial charge in [0, 0.05) is 26.2 Å². The molecule has 0 saturated carbocycles. The summed E-state index contributed by atoms with van der Waals surface area (Å²) in [5, 5.41) is 10.3. The van der Waals surface area contributed by atoms with Crippen LogP contribution in [0.2, 0.25) is 0 Å². The summed E-state index contributed by atoms with van der Waals surface area (Å²) in [5.41, 5.74) is -1.34. The van der Waals surface area contributed by atoms with Crippen LogP contribution in [0, 0.1) is 5.92 Å². The average Bonchev–Trinajstić information content (AvgIpc) is 2.77. The topological polar surface area (TPSA) is 119 Å². The summed E-state index contributed by atoms with van der Waals surface area (Å²) < 4.78 is 41.3. The molecule has 2 amide bonds. The second-order valence-corrected chi connectivity index (χ2v) is 7.82. The Balaban J connectivity index is 2.29. The van der Waals surface area contributed by atoms with Crippen LogP contribution < -0.4 is 15.8 Å². The first-order valence-corrected chi connectivity index (χ1v) is 10.5. The van der Waals surface area contributed by atoms with Crippen molar-refractivity contribution in [2.45, 2.75) is 38.8 Å². The van der Waals surface area contributed by atoms with E-state index in [4.69, 9.17) is 5.84 Å². The number of nitrogens with two attached hydrogens (primary N) is 1. The van der Waals surface area contributed by atoms with Gasteiger partial charge < -0.3 is 9.80 Å². The highest BCUT2D eigenvalue weighted by atomic mass is 19.4. The standard InChI is InChI=1S/C19H30F3N7O3/c1-3-4-5-6-14(12-28(32)13-30)17(31)29(23)18-24-11-15(16(25-18)19(20,21)22)27-9-7-26(2)8-10-27/h11,13-14,32H,3-10,12,23H2,1-2H3/t14-/m1/s1. The van der Waals surface area contributed by atoms with Crippen LogP contribution in [-0.4, -0.2) is 77.2 Å². The number of carbonyl (C=O) groups is 2. The van der Waals surface area contributed by atoms with Gasteiger partial charge >= 0.3 is 6.18 Å². The van der Waals surface area contributed by atoms with Crippen molar-refractivity contribution < 1.29 is 28.0 Å². The van der Waals surface area contributed by atoms with Gasteiger partial charge in [0.2, 0.25) is 18.3 Å². The normalized spacial score (nSPS) is 16.0. The molecule has 32 heavy (non-hydrogen) atoms. The molecule has 0 aromatic carbocycles. The van der Waals surface area contributed by atoms with E-state index >= 15 is 0 Å². The maximum absolute atomic E-state index is 13.8. The Bertz CT molecular complexity index is 773. The van der Waals surface area contributed by atoms with E-state index in [2.05, 4.69) is 9.97 Å². The molecule has 0 bridgehead atoms. The van der Waals surface area contributed by atoms with E-state index in [1.807, 2.05) is 18.9 Å². The summed E-state index contributed by atoms with van der Waals surface area (Å²) in [6.07, 6.45) is -1.03. The number of hydroxylamine groups is 2. The molecule has 180 valence electrons. The molecule has 0 unspecified atom stereocenters. The van der Waals surface area contributed by atoms with E-state index in [1.165, 1.54) is 0 Å². The molecular weight excluding hydrogens is 431 g/mol. The van der Waals surface area contributed by atoms with E-state index in [0.717, 1.165) is 19.0 Å². The van der Waals surface area contributed by atoms with Crippen molar-refractivity contribution in [3.8, 4) is 0 Å². The predicted octanol–water partition coefficient (Wildman–Crippen LogP) is 1.50. The molecule has 10 nitrogen and oxygen atoms in total. The molecule has 1 fully saturated rings. The lowest BCUT2D eigenvalue weighted by atomic mass is 10.00. The first-order valence-electron chi connectivity index (χ1n) is 10.5. The van der Waals surface area contributed by atoms with Crippen molar-refractivity contribution in [2.75, 3.05) is 49.7 Å². The van der Waals surface area contributed by atoms with Gasteiger partial charge in [-0.25, -0.2) is 25.9 Å². The number of anilines is 2.